The van der Waals surface area contributed by atoms with Gasteiger partial charge in [-0.25, -0.2) is 0 Å². The molecule has 1 unspecified atom stereocenters. The van der Waals surface area contributed by atoms with Crippen LogP contribution in [0.5, 0.6) is 0 Å². The average molecular weight is 416 g/mol. The summed E-state index contributed by atoms with van der Waals surface area (Å²) in [6, 6.07) is 23.9. The topological polar surface area (TPSA) is 12.0 Å². The van der Waals surface area contributed by atoms with Gasteiger partial charge in [0.05, 0.1) is 0 Å². The molecule has 0 aliphatic heterocycles. The zero-order valence-corrected chi connectivity index (χ0v) is 19.0. The predicted molar refractivity (Wildman–Crippen MR) is 133 cm³/mol. The van der Waals surface area contributed by atoms with Gasteiger partial charge in [-0.1, -0.05) is 102 Å². The Morgan fingerprint density at radius 3 is 2.37 bits per heavy atom. The van der Waals surface area contributed by atoms with Crippen LogP contribution in [0.3, 0.4) is 0 Å². The molecule has 0 aliphatic rings. The van der Waals surface area contributed by atoms with Crippen LogP contribution in [-0.2, 0) is 0 Å². The highest BCUT2D eigenvalue weighted by atomic mass is 35.5. The number of aryl methyl sites for hydroxylation is 2. The Balaban J connectivity index is 1.90. The molecule has 1 nitrogen and oxygen atoms in total. The van der Waals surface area contributed by atoms with Gasteiger partial charge in [0, 0.05) is 16.8 Å². The summed E-state index contributed by atoms with van der Waals surface area (Å²) in [7, 11) is 0. The van der Waals surface area contributed by atoms with Crippen molar-refractivity contribution in [1.82, 2.24) is 0 Å². The van der Waals surface area contributed by atoms with Crippen molar-refractivity contribution in [3.8, 4) is 0 Å². The van der Waals surface area contributed by atoms with Crippen LogP contribution in [-0.4, -0.2) is 6.04 Å². The van der Waals surface area contributed by atoms with E-state index in [1.54, 1.807) is 0 Å². The first-order valence-corrected chi connectivity index (χ1v) is 10.9. The van der Waals surface area contributed by atoms with Gasteiger partial charge in [-0.15, -0.1) is 0 Å². The Bertz CT molecular complexity index is 1040. The van der Waals surface area contributed by atoms with Gasteiger partial charge in [-0.05, 0) is 61.6 Å². The molecular weight excluding hydrogens is 386 g/mol. The van der Waals surface area contributed by atoms with E-state index >= 15 is 0 Å². The van der Waals surface area contributed by atoms with Gasteiger partial charge in [0.2, 0.25) is 0 Å². The summed E-state index contributed by atoms with van der Waals surface area (Å²) in [5, 5.41) is 4.22. The van der Waals surface area contributed by atoms with Crippen molar-refractivity contribution < 1.29 is 0 Å². The number of rotatable bonds is 7. The van der Waals surface area contributed by atoms with Gasteiger partial charge in [0.1, 0.15) is 0 Å². The van der Waals surface area contributed by atoms with E-state index in [-0.39, 0.29) is 0 Å². The lowest BCUT2D eigenvalue weighted by atomic mass is 9.95. The molecule has 3 aromatic rings. The minimum Gasteiger partial charge on any atom is -0.383 e. The molecule has 3 rings (SSSR count). The monoisotopic (exact) mass is 415 g/mol. The maximum Gasteiger partial charge on any atom is 0.0498 e. The number of allylic oxidation sites excluding steroid dienone is 2. The second-order valence-electron chi connectivity index (χ2n) is 7.86. The lowest BCUT2D eigenvalue weighted by Gasteiger charge is -2.13. The maximum absolute atomic E-state index is 6.53. The first kappa shape index (κ1) is 21.9. The summed E-state index contributed by atoms with van der Waals surface area (Å²) >= 11 is 6.53. The zero-order chi connectivity index (χ0) is 21.5. The van der Waals surface area contributed by atoms with Crippen LogP contribution in [0, 0.1) is 13.8 Å². The molecule has 3 aromatic carbocycles. The fraction of sp³-hybridized carbons (Fsp3) is 0.214. The van der Waals surface area contributed by atoms with Crippen LogP contribution >= 0.6 is 11.6 Å². The smallest absolute Gasteiger partial charge is 0.0498 e. The summed E-state index contributed by atoms with van der Waals surface area (Å²) in [4.78, 5) is 0. The summed E-state index contributed by atoms with van der Waals surface area (Å²) < 4.78 is 0. The van der Waals surface area contributed by atoms with Gasteiger partial charge < -0.3 is 5.32 Å². The lowest BCUT2D eigenvalue weighted by molar-refractivity contribution is 0.764. The molecule has 0 aliphatic carbocycles. The van der Waals surface area contributed by atoms with Crippen LogP contribution in [0.2, 0.25) is 5.02 Å². The number of halogens is 1. The SMILES string of the molecule is CCC(C)Nc1ccc(C=CC=C(c2ccc(C)cc2)c2cccc(C)c2)c(Cl)c1. The molecule has 1 atom stereocenters. The first-order chi connectivity index (χ1) is 14.5. The summed E-state index contributed by atoms with van der Waals surface area (Å²) in [5.74, 6) is 0. The molecule has 1 N–H and O–H groups in total. The number of anilines is 1. The van der Waals surface area contributed by atoms with Gasteiger partial charge in [-0.2, -0.15) is 0 Å². The van der Waals surface area contributed by atoms with Crippen LogP contribution < -0.4 is 5.32 Å². The third kappa shape index (κ3) is 5.87. The van der Waals surface area contributed by atoms with Crippen LogP contribution in [0.25, 0.3) is 11.6 Å². The molecule has 2 heteroatoms. The van der Waals surface area contributed by atoms with E-state index in [4.69, 9.17) is 11.6 Å². The third-order valence-corrected chi connectivity index (χ3v) is 5.58. The molecule has 0 amide bonds. The van der Waals surface area contributed by atoms with Crippen molar-refractivity contribution in [2.45, 2.75) is 40.2 Å². The summed E-state index contributed by atoms with van der Waals surface area (Å²) in [6.07, 6.45) is 7.39. The second-order valence-corrected chi connectivity index (χ2v) is 8.27. The van der Waals surface area contributed by atoms with E-state index in [1.807, 2.05) is 6.07 Å². The van der Waals surface area contributed by atoms with E-state index in [2.05, 4.69) is 112 Å². The fourth-order valence-electron chi connectivity index (χ4n) is 3.29. The minimum absolute atomic E-state index is 0.428. The van der Waals surface area contributed by atoms with E-state index < -0.39 is 0 Å². The van der Waals surface area contributed by atoms with E-state index in [1.165, 1.54) is 27.8 Å². The normalized spacial score (nSPS) is 12.9. The van der Waals surface area contributed by atoms with E-state index in [0.717, 1.165) is 22.7 Å². The second kappa shape index (κ2) is 10.3. The molecule has 154 valence electrons. The maximum atomic E-state index is 6.53. The van der Waals surface area contributed by atoms with Crippen LogP contribution in [0.15, 0.2) is 78.9 Å². The predicted octanol–water partition coefficient (Wildman–Crippen LogP) is 8.31. The quantitative estimate of drug-likeness (QED) is 0.382. The standard InChI is InChI=1S/C28H30ClN/c1-5-22(4)30-26-17-16-24(28(29)19-26)9-7-11-27(23-14-12-20(2)13-15-23)25-10-6-8-21(3)18-25/h6-19,22,30H,5H2,1-4H3. The van der Waals surface area contributed by atoms with Crippen molar-refractivity contribution in [2.24, 2.45) is 0 Å². The molecule has 0 bridgehead atoms. The third-order valence-electron chi connectivity index (χ3n) is 5.26. The zero-order valence-electron chi connectivity index (χ0n) is 18.2. The summed E-state index contributed by atoms with van der Waals surface area (Å²) in [6.45, 7) is 8.58. The van der Waals surface area contributed by atoms with Crippen LogP contribution in [0.4, 0.5) is 5.69 Å². The van der Waals surface area contributed by atoms with E-state index in [0.29, 0.717) is 6.04 Å². The molecular formula is C28H30ClN. The highest BCUT2D eigenvalue weighted by Gasteiger charge is 2.05. The average Bonchev–Trinajstić information content (AvgIpc) is 2.73. The molecule has 0 aromatic heterocycles. The lowest BCUT2D eigenvalue weighted by Crippen LogP contribution is -2.13. The highest BCUT2D eigenvalue weighted by Crippen LogP contribution is 2.26. The number of nitrogens with one attached hydrogen (secondary N) is 1. The van der Waals surface area contributed by atoms with Crippen LogP contribution in [0.1, 0.15) is 48.1 Å². The van der Waals surface area contributed by atoms with E-state index in [9.17, 15) is 0 Å². The number of hydrogen-bond acceptors (Lipinski definition) is 1. The Kier molecular flexibility index (Phi) is 7.54. The summed E-state index contributed by atoms with van der Waals surface area (Å²) in [5.41, 5.74) is 8.19. The first-order valence-electron chi connectivity index (χ1n) is 10.5. The molecule has 30 heavy (non-hydrogen) atoms. The molecule has 0 saturated carbocycles. The Morgan fingerprint density at radius 2 is 1.70 bits per heavy atom. The van der Waals surface area contributed by atoms with Crippen molar-refractivity contribution in [3.63, 3.8) is 0 Å². The van der Waals surface area contributed by atoms with Gasteiger partial charge >= 0.3 is 0 Å². The van der Waals surface area contributed by atoms with Gasteiger partial charge in [0.15, 0.2) is 0 Å². The molecule has 0 radical (unpaired) electrons. The fourth-order valence-corrected chi connectivity index (χ4v) is 3.54. The number of hydrogen-bond donors (Lipinski definition) is 1. The van der Waals surface area contributed by atoms with Crippen molar-refractivity contribution in [3.05, 3.63) is 112 Å². The molecule has 0 saturated heterocycles. The minimum atomic E-state index is 0.428. The molecule has 0 spiro atoms. The molecule has 0 heterocycles. The van der Waals surface area contributed by atoms with Crippen molar-refractivity contribution in [2.75, 3.05) is 5.32 Å². The number of benzene rings is 3. The highest BCUT2D eigenvalue weighted by molar-refractivity contribution is 6.32. The Morgan fingerprint density at radius 1 is 0.933 bits per heavy atom. The van der Waals surface area contributed by atoms with Gasteiger partial charge in [-0.3, -0.25) is 0 Å². The van der Waals surface area contributed by atoms with Gasteiger partial charge in [0.25, 0.3) is 0 Å². The Hall–Kier alpha value is -2.77. The van der Waals surface area contributed by atoms with Crippen molar-refractivity contribution >= 4 is 28.9 Å². The molecule has 0 fully saturated rings. The van der Waals surface area contributed by atoms with Crippen molar-refractivity contribution in [1.29, 1.82) is 0 Å². The largest absolute Gasteiger partial charge is 0.383 e. The Labute approximate surface area is 186 Å².